The normalized spacial score (nSPS) is 21.2. The van der Waals surface area contributed by atoms with Crippen LogP contribution in [0.25, 0.3) is 0 Å². The molecule has 2 saturated heterocycles. The van der Waals surface area contributed by atoms with Crippen LogP contribution in [0, 0.1) is 5.92 Å². The number of amides is 1. The van der Waals surface area contributed by atoms with E-state index in [-0.39, 0.29) is 6.09 Å². The first-order chi connectivity index (χ1) is 12.4. The van der Waals surface area contributed by atoms with Gasteiger partial charge in [-0.1, -0.05) is 0 Å². The molecule has 0 radical (unpaired) electrons. The largest absolute Gasteiger partial charge is 0.444 e. The maximum Gasteiger partial charge on any atom is 0.410 e. The number of carbonyl (C=O) groups excluding carboxylic acids is 1. The third kappa shape index (κ3) is 7.78. The van der Waals surface area contributed by atoms with Crippen molar-refractivity contribution in [2.75, 3.05) is 72.1 Å². The molecule has 0 spiro atoms. The van der Waals surface area contributed by atoms with E-state index in [1.165, 1.54) is 12.8 Å². The van der Waals surface area contributed by atoms with Gasteiger partial charge in [-0.05, 0) is 52.6 Å². The summed E-state index contributed by atoms with van der Waals surface area (Å²) in [6.45, 7) is 15.7. The summed E-state index contributed by atoms with van der Waals surface area (Å²) in [7, 11) is 0. The molecule has 2 N–H and O–H groups in total. The quantitative estimate of drug-likeness (QED) is 0.680. The number of likely N-dealkylation sites (tertiary alicyclic amines) is 1. The summed E-state index contributed by atoms with van der Waals surface area (Å²) in [6.07, 6.45) is 2.33. The van der Waals surface area contributed by atoms with Crippen molar-refractivity contribution in [2.24, 2.45) is 11.7 Å². The molecule has 2 aliphatic rings. The lowest BCUT2D eigenvalue weighted by Crippen LogP contribution is -2.51. The SMILES string of the molecule is CC(C)(C)OC(=O)N1CCN(CC2CCN(CCOCCN)CC2)CC1. The Kier molecular flexibility index (Phi) is 8.60. The number of rotatable bonds is 7. The van der Waals surface area contributed by atoms with Gasteiger partial charge in [0.2, 0.25) is 0 Å². The Morgan fingerprint density at radius 2 is 1.65 bits per heavy atom. The van der Waals surface area contributed by atoms with Gasteiger partial charge in [-0.25, -0.2) is 4.79 Å². The van der Waals surface area contributed by atoms with E-state index >= 15 is 0 Å². The molecular formula is C19H38N4O3. The molecule has 0 aliphatic carbocycles. The van der Waals surface area contributed by atoms with Crippen LogP contribution < -0.4 is 5.73 Å². The predicted octanol–water partition coefficient (Wildman–Crippen LogP) is 1.23. The first kappa shape index (κ1) is 21.4. The molecule has 152 valence electrons. The molecule has 2 rings (SSSR count). The molecule has 2 fully saturated rings. The highest BCUT2D eigenvalue weighted by atomic mass is 16.6. The van der Waals surface area contributed by atoms with Crippen LogP contribution in [-0.4, -0.2) is 98.5 Å². The van der Waals surface area contributed by atoms with E-state index in [0.29, 0.717) is 13.2 Å². The van der Waals surface area contributed by atoms with Crippen LogP contribution in [0.4, 0.5) is 4.79 Å². The Balaban J connectivity index is 1.59. The van der Waals surface area contributed by atoms with Crippen LogP contribution in [0.2, 0.25) is 0 Å². The van der Waals surface area contributed by atoms with Crippen LogP contribution in [-0.2, 0) is 9.47 Å². The van der Waals surface area contributed by atoms with Crippen LogP contribution >= 0.6 is 0 Å². The number of hydrogen-bond acceptors (Lipinski definition) is 6. The third-order valence-corrected chi connectivity index (χ3v) is 5.06. The van der Waals surface area contributed by atoms with Gasteiger partial charge in [0.1, 0.15) is 5.60 Å². The molecule has 0 aromatic rings. The van der Waals surface area contributed by atoms with Crippen LogP contribution in [0.3, 0.4) is 0 Å². The van der Waals surface area contributed by atoms with Gasteiger partial charge in [-0.3, -0.25) is 4.90 Å². The van der Waals surface area contributed by atoms with Crippen molar-refractivity contribution in [2.45, 2.75) is 39.2 Å². The van der Waals surface area contributed by atoms with E-state index in [9.17, 15) is 4.79 Å². The fourth-order valence-corrected chi connectivity index (χ4v) is 3.58. The second-order valence-corrected chi connectivity index (χ2v) is 8.45. The summed E-state index contributed by atoms with van der Waals surface area (Å²) in [5.74, 6) is 0.768. The zero-order valence-corrected chi connectivity index (χ0v) is 16.9. The van der Waals surface area contributed by atoms with Crippen molar-refractivity contribution in [1.29, 1.82) is 0 Å². The number of piperazine rings is 1. The minimum atomic E-state index is -0.419. The van der Waals surface area contributed by atoms with E-state index in [1.54, 1.807) is 0 Å². The molecule has 0 bridgehead atoms. The van der Waals surface area contributed by atoms with Crippen LogP contribution in [0.1, 0.15) is 33.6 Å². The maximum atomic E-state index is 12.1. The number of hydrogen-bond donors (Lipinski definition) is 1. The first-order valence-corrected chi connectivity index (χ1v) is 10.1. The number of ether oxygens (including phenoxy) is 2. The lowest BCUT2D eigenvalue weighted by molar-refractivity contribution is 0.0119. The molecule has 7 heteroatoms. The lowest BCUT2D eigenvalue weighted by Gasteiger charge is -2.39. The second kappa shape index (κ2) is 10.4. The topological polar surface area (TPSA) is 71.3 Å². The van der Waals surface area contributed by atoms with E-state index < -0.39 is 5.60 Å². The van der Waals surface area contributed by atoms with E-state index in [4.69, 9.17) is 15.2 Å². The van der Waals surface area contributed by atoms with Gasteiger partial charge >= 0.3 is 6.09 Å². The van der Waals surface area contributed by atoms with Crippen molar-refractivity contribution >= 4 is 6.09 Å². The molecule has 0 aromatic heterocycles. The molecule has 0 aromatic carbocycles. The van der Waals surface area contributed by atoms with E-state index in [1.807, 2.05) is 25.7 Å². The summed E-state index contributed by atoms with van der Waals surface area (Å²) in [5, 5.41) is 0. The minimum Gasteiger partial charge on any atom is -0.444 e. The summed E-state index contributed by atoms with van der Waals surface area (Å²) < 4.78 is 10.9. The minimum absolute atomic E-state index is 0.178. The Hall–Kier alpha value is -0.890. The number of nitrogens with zero attached hydrogens (tertiary/aromatic N) is 3. The average molecular weight is 371 g/mol. The van der Waals surface area contributed by atoms with Gasteiger partial charge in [0.05, 0.1) is 13.2 Å². The molecule has 2 aliphatic heterocycles. The number of carbonyl (C=O) groups is 1. The zero-order valence-electron chi connectivity index (χ0n) is 16.9. The highest BCUT2D eigenvalue weighted by molar-refractivity contribution is 5.68. The monoisotopic (exact) mass is 370 g/mol. The molecule has 7 nitrogen and oxygen atoms in total. The third-order valence-electron chi connectivity index (χ3n) is 5.06. The maximum absolute atomic E-state index is 12.1. The fraction of sp³-hybridized carbons (Fsp3) is 0.947. The molecule has 26 heavy (non-hydrogen) atoms. The standard InChI is InChI=1S/C19H38N4O3/c1-19(2,3)26-18(24)23-11-9-22(10-12-23)16-17-4-7-21(8-5-17)13-15-25-14-6-20/h17H,4-16,20H2,1-3H3. The number of nitrogens with two attached hydrogens (primary N) is 1. The van der Waals surface area contributed by atoms with Crippen molar-refractivity contribution in [1.82, 2.24) is 14.7 Å². The average Bonchev–Trinajstić information content (AvgIpc) is 2.59. The fourth-order valence-electron chi connectivity index (χ4n) is 3.58. The van der Waals surface area contributed by atoms with Gasteiger partial charge in [-0.15, -0.1) is 0 Å². The van der Waals surface area contributed by atoms with Crippen LogP contribution in [0.5, 0.6) is 0 Å². The summed E-state index contributed by atoms with van der Waals surface area (Å²) in [5.41, 5.74) is 5.02. The van der Waals surface area contributed by atoms with Crippen molar-refractivity contribution < 1.29 is 14.3 Å². The summed E-state index contributed by atoms with van der Waals surface area (Å²) >= 11 is 0. The van der Waals surface area contributed by atoms with E-state index in [2.05, 4.69) is 9.80 Å². The molecule has 1 amide bonds. The number of piperidine rings is 1. The van der Waals surface area contributed by atoms with Crippen molar-refractivity contribution in [3.63, 3.8) is 0 Å². The Bertz CT molecular complexity index is 411. The first-order valence-electron chi connectivity index (χ1n) is 10.1. The smallest absolute Gasteiger partial charge is 0.410 e. The Labute approximate surface area is 158 Å². The molecule has 0 saturated carbocycles. The highest BCUT2D eigenvalue weighted by Gasteiger charge is 2.27. The van der Waals surface area contributed by atoms with E-state index in [0.717, 1.165) is 64.9 Å². The molecule has 2 heterocycles. The summed E-state index contributed by atoms with van der Waals surface area (Å²) in [4.78, 5) is 19.0. The van der Waals surface area contributed by atoms with Crippen molar-refractivity contribution in [3.05, 3.63) is 0 Å². The van der Waals surface area contributed by atoms with Gasteiger partial charge in [0.15, 0.2) is 0 Å². The summed E-state index contributed by atoms with van der Waals surface area (Å²) in [6, 6.07) is 0. The molecule has 0 unspecified atom stereocenters. The van der Waals surface area contributed by atoms with Gasteiger partial charge in [-0.2, -0.15) is 0 Å². The van der Waals surface area contributed by atoms with Gasteiger partial charge in [0.25, 0.3) is 0 Å². The lowest BCUT2D eigenvalue weighted by atomic mass is 9.96. The van der Waals surface area contributed by atoms with Gasteiger partial charge < -0.3 is 25.0 Å². The second-order valence-electron chi connectivity index (χ2n) is 8.45. The highest BCUT2D eigenvalue weighted by Crippen LogP contribution is 2.19. The Morgan fingerprint density at radius 1 is 1.00 bits per heavy atom. The van der Waals surface area contributed by atoms with Gasteiger partial charge in [0, 0.05) is 45.8 Å². The predicted molar refractivity (Wildman–Crippen MR) is 103 cm³/mol. The van der Waals surface area contributed by atoms with Crippen LogP contribution in [0.15, 0.2) is 0 Å². The van der Waals surface area contributed by atoms with Crippen molar-refractivity contribution in [3.8, 4) is 0 Å². The molecular weight excluding hydrogens is 332 g/mol. The zero-order chi connectivity index (χ0) is 19.0. The Morgan fingerprint density at radius 3 is 2.23 bits per heavy atom. The molecule has 0 atom stereocenters.